The zero-order valence-corrected chi connectivity index (χ0v) is 26.2. The number of hydrogen-bond donors (Lipinski definition) is 1. The van der Waals surface area contributed by atoms with Crippen LogP contribution in [0, 0.1) is 0 Å². The molecule has 1 atom stereocenters. The van der Waals surface area contributed by atoms with Crippen LogP contribution in [0.4, 0.5) is 5.13 Å². The molecule has 226 valence electrons. The number of aliphatic hydroxyl groups is 1. The first-order chi connectivity index (χ1) is 21.3. The summed E-state index contributed by atoms with van der Waals surface area (Å²) in [7, 11) is 1.28. The fourth-order valence-electron chi connectivity index (χ4n) is 4.58. The summed E-state index contributed by atoms with van der Waals surface area (Å²) < 4.78 is 11.1. The fraction of sp³-hybridized carbons (Fsp3) is 0.219. The van der Waals surface area contributed by atoms with Gasteiger partial charge in [-0.1, -0.05) is 78.4 Å². The third-order valence-electron chi connectivity index (χ3n) is 6.90. The Morgan fingerprint density at radius 2 is 1.73 bits per heavy atom. The van der Waals surface area contributed by atoms with Crippen molar-refractivity contribution in [3.05, 3.63) is 106 Å². The van der Waals surface area contributed by atoms with E-state index in [1.165, 1.54) is 35.9 Å². The summed E-state index contributed by atoms with van der Waals surface area (Å²) in [6, 6.07) is 19.4. The molecule has 12 heteroatoms. The quantitative estimate of drug-likeness (QED) is 0.0346. The second-order valence-electron chi connectivity index (χ2n) is 9.74. The molecule has 0 saturated carbocycles. The number of anilines is 1. The Kier molecular flexibility index (Phi) is 9.99. The van der Waals surface area contributed by atoms with E-state index in [0.29, 0.717) is 44.2 Å². The molecule has 1 aliphatic heterocycles. The van der Waals surface area contributed by atoms with E-state index >= 15 is 0 Å². The Morgan fingerprint density at radius 1 is 1.02 bits per heavy atom. The molecule has 1 aliphatic rings. The number of aromatic nitrogens is 2. The van der Waals surface area contributed by atoms with Crippen LogP contribution >= 0.6 is 34.7 Å². The van der Waals surface area contributed by atoms with E-state index in [4.69, 9.17) is 21.1 Å². The summed E-state index contributed by atoms with van der Waals surface area (Å²) in [5, 5.41) is 20.7. The molecule has 1 aromatic heterocycles. The van der Waals surface area contributed by atoms with E-state index in [1.54, 1.807) is 42.5 Å². The number of amides is 1. The topological polar surface area (TPSA) is 119 Å². The van der Waals surface area contributed by atoms with E-state index in [0.717, 1.165) is 29.7 Å². The number of esters is 1. The predicted octanol–water partition coefficient (Wildman–Crippen LogP) is 7.08. The summed E-state index contributed by atoms with van der Waals surface area (Å²) in [6.45, 7) is 2.64. The van der Waals surface area contributed by atoms with Crippen LogP contribution in [0.3, 0.4) is 0 Å². The summed E-state index contributed by atoms with van der Waals surface area (Å²) in [6.07, 6.45) is 1.90. The van der Waals surface area contributed by atoms with Crippen molar-refractivity contribution in [1.82, 2.24) is 10.2 Å². The van der Waals surface area contributed by atoms with Gasteiger partial charge in [-0.2, -0.15) is 0 Å². The maximum absolute atomic E-state index is 13.5. The number of hydrogen-bond acceptors (Lipinski definition) is 10. The van der Waals surface area contributed by atoms with Crippen molar-refractivity contribution in [2.45, 2.75) is 35.9 Å². The number of Topliss-reactive ketones (excluding diaryl/α,β-unsaturated/α-hetero) is 1. The molecule has 44 heavy (non-hydrogen) atoms. The average molecular weight is 650 g/mol. The average Bonchev–Trinajstić information content (AvgIpc) is 3.62. The molecule has 2 heterocycles. The van der Waals surface area contributed by atoms with E-state index in [1.807, 2.05) is 18.2 Å². The summed E-state index contributed by atoms with van der Waals surface area (Å²) in [4.78, 5) is 40.4. The lowest BCUT2D eigenvalue weighted by molar-refractivity contribution is -0.132. The van der Waals surface area contributed by atoms with Crippen LogP contribution in [0.15, 0.2) is 82.7 Å². The van der Waals surface area contributed by atoms with Crippen molar-refractivity contribution >= 4 is 63.3 Å². The molecule has 9 nitrogen and oxygen atoms in total. The van der Waals surface area contributed by atoms with Crippen LogP contribution in [-0.2, 0) is 20.1 Å². The molecule has 0 spiro atoms. The smallest absolute Gasteiger partial charge is 0.337 e. The van der Waals surface area contributed by atoms with Gasteiger partial charge in [0.1, 0.15) is 11.5 Å². The third-order valence-corrected chi connectivity index (χ3v) is 9.37. The monoisotopic (exact) mass is 649 g/mol. The van der Waals surface area contributed by atoms with Gasteiger partial charge in [-0.25, -0.2) is 4.79 Å². The number of rotatable bonds is 11. The molecule has 0 radical (unpaired) electrons. The maximum atomic E-state index is 13.5. The van der Waals surface area contributed by atoms with Gasteiger partial charge in [0.2, 0.25) is 5.13 Å². The largest absolute Gasteiger partial charge is 0.507 e. The van der Waals surface area contributed by atoms with E-state index in [2.05, 4.69) is 17.1 Å². The van der Waals surface area contributed by atoms with Gasteiger partial charge in [-0.15, -0.1) is 10.2 Å². The lowest BCUT2D eigenvalue weighted by Gasteiger charge is -2.22. The molecular weight excluding hydrogens is 622 g/mol. The Labute approximate surface area is 267 Å². The zero-order chi connectivity index (χ0) is 31.2. The first-order valence-electron chi connectivity index (χ1n) is 13.7. The lowest BCUT2D eigenvalue weighted by atomic mass is 9.94. The number of thioether (sulfide) groups is 1. The van der Waals surface area contributed by atoms with E-state index in [-0.39, 0.29) is 16.5 Å². The fourth-order valence-corrected chi connectivity index (χ4v) is 6.73. The van der Waals surface area contributed by atoms with E-state index in [9.17, 15) is 19.5 Å². The number of carbonyl (C=O) groups excluding carboxylic acids is 3. The summed E-state index contributed by atoms with van der Waals surface area (Å²) >= 11 is 8.84. The van der Waals surface area contributed by atoms with Crippen LogP contribution in [0.25, 0.3) is 5.76 Å². The Balaban J connectivity index is 1.51. The normalized spacial score (nSPS) is 15.9. The number of methoxy groups -OCH3 is 1. The zero-order valence-electron chi connectivity index (χ0n) is 23.9. The van der Waals surface area contributed by atoms with Gasteiger partial charge < -0.3 is 14.6 Å². The van der Waals surface area contributed by atoms with Crippen molar-refractivity contribution in [3.8, 4) is 5.75 Å². The minimum Gasteiger partial charge on any atom is -0.507 e. The molecule has 1 amide bonds. The second-order valence-corrected chi connectivity index (χ2v) is 12.3. The number of benzene rings is 3. The molecule has 4 aromatic rings. The van der Waals surface area contributed by atoms with Crippen LogP contribution in [0.5, 0.6) is 5.75 Å². The molecular formula is C32H28ClN3O6S2. The highest BCUT2D eigenvalue weighted by atomic mass is 35.5. The SMILES string of the molecule is CCCCOc1ccc(C(O)=C2C(=O)C(=O)N(c3nnc(SCc4ccccc4Cl)s3)C2c2ccc(C(=O)OC)cc2)cc1. The van der Waals surface area contributed by atoms with Gasteiger partial charge in [0.25, 0.3) is 5.78 Å². The minimum absolute atomic E-state index is 0.110. The van der Waals surface area contributed by atoms with Crippen molar-refractivity contribution in [1.29, 1.82) is 0 Å². The highest BCUT2D eigenvalue weighted by Gasteiger charge is 2.48. The Hall–Kier alpha value is -4.19. The number of carbonyl (C=O) groups is 3. The first-order valence-corrected chi connectivity index (χ1v) is 15.9. The van der Waals surface area contributed by atoms with Gasteiger partial charge in [-0.05, 0) is 60.0 Å². The number of ether oxygens (including phenoxy) is 2. The van der Waals surface area contributed by atoms with Crippen LogP contribution < -0.4 is 9.64 Å². The first kappa shape index (κ1) is 31.2. The number of halogens is 1. The number of aliphatic hydroxyl groups excluding tert-OH is 1. The highest BCUT2D eigenvalue weighted by Crippen LogP contribution is 2.44. The summed E-state index contributed by atoms with van der Waals surface area (Å²) in [5.41, 5.74) is 1.93. The van der Waals surface area contributed by atoms with E-state index < -0.39 is 23.7 Å². The van der Waals surface area contributed by atoms with Crippen LogP contribution in [0.2, 0.25) is 5.02 Å². The predicted molar refractivity (Wildman–Crippen MR) is 170 cm³/mol. The van der Waals surface area contributed by atoms with Crippen molar-refractivity contribution in [2.75, 3.05) is 18.6 Å². The Bertz CT molecular complexity index is 1710. The highest BCUT2D eigenvalue weighted by molar-refractivity contribution is 8.00. The summed E-state index contributed by atoms with van der Waals surface area (Å²) in [5.74, 6) is -1.44. The standard InChI is InChI=1S/C32H28ClN3O6S2/c1-3-4-17-42-23-15-13-20(14-16-23)27(37)25-26(19-9-11-21(12-10-19)30(40)41-2)36(29(39)28(25)38)31-34-35-32(44-31)43-18-22-7-5-6-8-24(22)33/h5-16,26,37H,3-4,17-18H2,1-2H3. The van der Waals surface area contributed by atoms with Crippen molar-refractivity contribution in [3.63, 3.8) is 0 Å². The molecule has 3 aromatic carbocycles. The number of ketones is 1. The van der Waals surface area contributed by atoms with Gasteiger partial charge >= 0.3 is 11.9 Å². The Morgan fingerprint density at radius 3 is 2.41 bits per heavy atom. The molecule has 1 N–H and O–H groups in total. The molecule has 0 aliphatic carbocycles. The molecule has 5 rings (SSSR count). The molecule has 1 unspecified atom stereocenters. The molecule has 0 bridgehead atoms. The minimum atomic E-state index is -1.03. The molecule has 1 fully saturated rings. The maximum Gasteiger partial charge on any atom is 0.337 e. The van der Waals surface area contributed by atoms with Gasteiger partial charge in [0.05, 0.1) is 30.9 Å². The van der Waals surface area contributed by atoms with Crippen LogP contribution in [-0.4, -0.2) is 46.7 Å². The molecule has 1 saturated heterocycles. The van der Waals surface area contributed by atoms with Gasteiger partial charge in [0.15, 0.2) is 4.34 Å². The van der Waals surface area contributed by atoms with Gasteiger partial charge in [0, 0.05) is 16.3 Å². The lowest BCUT2D eigenvalue weighted by Crippen LogP contribution is -2.29. The number of unbranched alkanes of at least 4 members (excludes halogenated alkanes) is 1. The van der Waals surface area contributed by atoms with Crippen LogP contribution in [0.1, 0.15) is 52.9 Å². The van der Waals surface area contributed by atoms with Gasteiger partial charge in [-0.3, -0.25) is 14.5 Å². The second kappa shape index (κ2) is 14.1. The van der Waals surface area contributed by atoms with Crippen molar-refractivity contribution < 1.29 is 29.0 Å². The number of nitrogens with zero attached hydrogens (tertiary/aromatic N) is 3. The van der Waals surface area contributed by atoms with Crippen molar-refractivity contribution in [2.24, 2.45) is 0 Å². The third kappa shape index (κ3) is 6.64.